The smallest absolute Gasteiger partial charge is 0.335 e. The summed E-state index contributed by atoms with van der Waals surface area (Å²) >= 11 is 0. The van der Waals surface area contributed by atoms with Gasteiger partial charge in [0.1, 0.15) is 17.8 Å². The zero-order valence-electron chi connectivity index (χ0n) is 7.36. The first kappa shape index (κ1) is 11.3. The van der Waals surface area contributed by atoms with Gasteiger partial charge in [-0.1, -0.05) is 0 Å². The number of carboxylic acids is 1. The van der Waals surface area contributed by atoms with E-state index in [1.807, 2.05) is 0 Å². The predicted molar refractivity (Wildman–Crippen MR) is 41.2 cm³/mol. The van der Waals surface area contributed by atoms with E-state index in [9.17, 15) is 20.1 Å². The van der Waals surface area contributed by atoms with Crippen LogP contribution in [-0.4, -0.2) is 61.7 Å². The molecule has 0 saturated carbocycles. The normalized spacial score (nSPS) is 48.9. The van der Waals surface area contributed by atoms with Gasteiger partial charge < -0.3 is 30.3 Å². The first-order valence-electron chi connectivity index (χ1n) is 3.93. The predicted octanol–water partition coefficient (Wildman–Crippen LogP) is -2.74. The minimum absolute atomic E-state index is 1.02. The fraction of sp³-hybridized carbons (Fsp3) is 0.857. The minimum Gasteiger partial charge on any atom is -0.479 e. The van der Waals surface area contributed by atoms with Gasteiger partial charge >= 0.3 is 5.97 Å². The molecule has 0 bridgehead atoms. The topological polar surface area (TPSA) is 127 Å². The van der Waals surface area contributed by atoms with E-state index in [-0.39, 0.29) is 0 Å². The number of hydrogen-bond donors (Lipinski definition) is 5. The highest BCUT2D eigenvalue weighted by atomic mass is 16.6. The van der Waals surface area contributed by atoms with Crippen LogP contribution < -0.4 is 0 Å². The molecule has 0 aromatic rings. The van der Waals surface area contributed by atoms with Gasteiger partial charge in [0, 0.05) is 0 Å². The Bertz CT molecular complexity index is 238. The highest BCUT2D eigenvalue weighted by Gasteiger charge is 2.54. The van der Waals surface area contributed by atoms with Crippen molar-refractivity contribution >= 4 is 5.97 Å². The molecule has 82 valence electrons. The molecule has 0 aliphatic carbocycles. The van der Waals surface area contributed by atoms with E-state index >= 15 is 0 Å². The van der Waals surface area contributed by atoms with E-state index in [0.717, 1.165) is 6.92 Å². The first-order valence-corrected chi connectivity index (χ1v) is 3.93. The summed E-state index contributed by atoms with van der Waals surface area (Å²) in [6, 6.07) is 0. The molecular formula is C7H12O7. The monoisotopic (exact) mass is 208 g/mol. The summed E-state index contributed by atoms with van der Waals surface area (Å²) in [6.07, 6.45) is -7.16. The van der Waals surface area contributed by atoms with Crippen molar-refractivity contribution in [2.45, 2.75) is 37.1 Å². The maximum absolute atomic E-state index is 10.5. The molecule has 1 aliphatic heterocycles. The highest BCUT2D eigenvalue weighted by Crippen LogP contribution is 2.28. The van der Waals surface area contributed by atoms with Crippen molar-refractivity contribution in [3.63, 3.8) is 0 Å². The third kappa shape index (κ3) is 1.60. The summed E-state index contributed by atoms with van der Waals surface area (Å²) < 4.78 is 4.40. The molecule has 0 aromatic carbocycles. The first-order chi connectivity index (χ1) is 6.28. The quantitative estimate of drug-likeness (QED) is 0.316. The molecule has 5 atom stereocenters. The van der Waals surface area contributed by atoms with Crippen LogP contribution in [0.15, 0.2) is 0 Å². The zero-order chi connectivity index (χ0) is 11.1. The molecular weight excluding hydrogens is 196 g/mol. The fourth-order valence-electron chi connectivity index (χ4n) is 1.26. The van der Waals surface area contributed by atoms with Crippen LogP contribution >= 0.6 is 0 Å². The van der Waals surface area contributed by atoms with Gasteiger partial charge in [-0.2, -0.15) is 0 Å². The Morgan fingerprint density at radius 2 is 1.79 bits per heavy atom. The van der Waals surface area contributed by atoms with E-state index in [4.69, 9.17) is 10.2 Å². The molecule has 5 N–H and O–H groups in total. The standard InChI is InChI=1S/C7H12O7/c1-7(13)3(8)2(5(10)11)14-6(12)4(7)9/h2-4,6,8-9,12-13H,1H3,(H,10,11)/t2?,3-,4?,6-,7?/m1/s1. The third-order valence-electron chi connectivity index (χ3n) is 2.28. The van der Waals surface area contributed by atoms with E-state index in [1.54, 1.807) is 0 Å². The zero-order valence-corrected chi connectivity index (χ0v) is 7.36. The van der Waals surface area contributed by atoms with Crippen LogP contribution in [0.5, 0.6) is 0 Å². The average molecular weight is 208 g/mol. The molecule has 7 heteroatoms. The van der Waals surface area contributed by atoms with Gasteiger partial charge in [-0.05, 0) is 6.92 Å². The van der Waals surface area contributed by atoms with Crippen LogP contribution in [0.1, 0.15) is 6.92 Å². The van der Waals surface area contributed by atoms with E-state index in [2.05, 4.69) is 4.74 Å². The molecule has 1 aliphatic rings. The molecule has 1 fully saturated rings. The summed E-state index contributed by atoms with van der Waals surface area (Å²) in [6.45, 7) is 1.02. The van der Waals surface area contributed by atoms with Crippen molar-refractivity contribution in [3.8, 4) is 0 Å². The van der Waals surface area contributed by atoms with Crippen LogP contribution in [0.3, 0.4) is 0 Å². The fourth-order valence-corrected chi connectivity index (χ4v) is 1.26. The molecule has 0 amide bonds. The largest absolute Gasteiger partial charge is 0.479 e. The maximum Gasteiger partial charge on any atom is 0.335 e. The van der Waals surface area contributed by atoms with Crippen molar-refractivity contribution < 1.29 is 35.1 Å². The number of aliphatic carboxylic acids is 1. The van der Waals surface area contributed by atoms with Crippen LogP contribution in [-0.2, 0) is 9.53 Å². The molecule has 1 rings (SSSR count). The van der Waals surface area contributed by atoms with Crippen molar-refractivity contribution in [1.82, 2.24) is 0 Å². The lowest BCUT2D eigenvalue weighted by atomic mass is 9.86. The SMILES string of the molecule is CC1(O)C(O)[C@H](O)OC(C(=O)O)[C@H]1O. The number of carboxylic acid groups (broad SMARTS) is 1. The second-order valence-electron chi connectivity index (χ2n) is 3.40. The number of rotatable bonds is 1. The van der Waals surface area contributed by atoms with Crippen molar-refractivity contribution in [2.75, 3.05) is 0 Å². The molecule has 14 heavy (non-hydrogen) atoms. The Hall–Kier alpha value is -0.730. The van der Waals surface area contributed by atoms with Gasteiger partial charge in [-0.15, -0.1) is 0 Å². The van der Waals surface area contributed by atoms with Gasteiger partial charge in [0.15, 0.2) is 12.4 Å². The summed E-state index contributed by atoms with van der Waals surface area (Å²) in [5.41, 5.74) is -2.12. The number of aliphatic hydroxyl groups is 4. The second-order valence-corrected chi connectivity index (χ2v) is 3.40. The van der Waals surface area contributed by atoms with Crippen molar-refractivity contribution in [2.24, 2.45) is 0 Å². The van der Waals surface area contributed by atoms with Crippen LogP contribution in [0.4, 0.5) is 0 Å². The number of carbonyl (C=O) groups is 1. The Morgan fingerprint density at radius 1 is 1.29 bits per heavy atom. The summed E-state index contributed by atoms with van der Waals surface area (Å²) in [4.78, 5) is 10.5. The molecule has 0 spiro atoms. The van der Waals surface area contributed by atoms with Gasteiger partial charge in [-0.25, -0.2) is 4.79 Å². The number of ether oxygens (including phenoxy) is 1. The van der Waals surface area contributed by atoms with Gasteiger partial charge in [0.2, 0.25) is 0 Å². The number of aliphatic hydroxyl groups excluding tert-OH is 3. The summed E-state index contributed by atoms with van der Waals surface area (Å²) in [5, 5.41) is 45.6. The van der Waals surface area contributed by atoms with Crippen LogP contribution in [0.25, 0.3) is 0 Å². The van der Waals surface area contributed by atoms with Crippen molar-refractivity contribution in [1.29, 1.82) is 0 Å². The van der Waals surface area contributed by atoms with E-state index in [0.29, 0.717) is 0 Å². The van der Waals surface area contributed by atoms with Gasteiger partial charge in [0.25, 0.3) is 0 Å². The third-order valence-corrected chi connectivity index (χ3v) is 2.28. The lowest BCUT2D eigenvalue weighted by Gasteiger charge is -2.43. The molecule has 7 nitrogen and oxygen atoms in total. The Morgan fingerprint density at radius 3 is 2.21 bits per heavy atom. The summed E-state index contributed by atoms with van der Waals surface area (Å²) in [7, 11) is 0. The van der Waals surface area contributed by atoms with Crippen LogP contribution in [0, 0.1) is 0 Å². The minimum atomic E-state index is -2.12. The van der Waals surface area contributed by atoms with E-state index < -0.39 is 36.2 Å². The Labute approximate surface area is 79.2 Å². The van der Waals surface area contributed by atoms with Gasteiger partial charge in [0.05, 0.1) is 0 Å². The lowest BCUT2D eigenvalue weighted by molar-refractivity contribution is -0.309. The van der Waals surface area contributed by atoms with Crippen molar-refractivity contribution in [3.05, 3.63) is 0 Å². The lowest BCUT2D eigenvalue weighted by Crippen LogP contribution is -2.66. The molecule has 0 radical (unpaired) electrons. The molecule has 3 unspecified atom stereocenters. The molecule has 1 heterocycles. The Kier molecular flexibility index (Phi) is 2.79. The second kappa shape index (κ2) is 3.44. The number of hydrogen-bond acceptors (Lipinski definition) is 6. The average Bonchev–Trinajstić information content (AvgIpc) is 2.08. The van der Waals surface area contributed by atoms with Crippen LogP contribution in [0.2, 0.25) is 0 Å². The summed E-state index contributed by atoms with van der Waals surface area (Å²) in [5.74, 6) is -1.52. The highest BCUT2D eigenvalue weighted by molar-refractivity contribution is 5.73. The molecule has 1 saturated heterocycles. The Balaban J connectivity index is 2.93. The van der Waals surface area contributed by atoms with Gasteiger partial charge in [-0.3, -0.25) is 0 Å². The molecule has 0 aromatic heterocycles. The maximum atomic E-state index is 10.5. The van der Waals surface area contributed by atoms with E-state index in [1.165, 1.54) is 0 Å².